The lowest BCUT2D eigenvalue weighted by molar-refractivity contribution is -0.385. The van der Waals surface area contributed by atoms with Gasteiger partial charge in [-0.1, -0.05) is 24.3 Å². The normalized spacial score (nSPS) is 10.5. The van der Waals surface area contributed by atoms with Gasteiger partial charge >= 0.3 is 0 Å². The third-order valence-electron chi connectivity index (χ3n) is 3.36. The van der Waals surface area contributed by atoms with Gasteiger partial charge < -0.3 is 5.32 Å². The number of hydrogen-bond donors (Lipinski definition) is 2. The van der Waals surface area contributed by atoms with Crippen LogP contribution in [0.5, 0.6) is 0 Å². The lowest BCUT2D eigenvalue weighted by Crippen LogP contribution is -2.24. The molecule has 0 radical (unpaired) electrons. The summed E-state index contributed by atoms with van der Waals surface area (Å²) in [6, 6.07) is 12.2. The van der Waals surface area contributed by atoms with Crippen molar-refractivity contribution in [2.24, 2.45) is 5.10 Å². The van der Waals surface area contributed by atoms with Crippen molar-refractivity contribution in [3.05, 3.63) is 69.3 Å². The topological polar surface area (TPSA) is 79.6 Å². The van der Waals surface area contributed by atoms with E-state index in [4.69, 9.17) is 12.2 Å². The summed E-state index contributed by atoms with van der Waals surface area (Å²) >= 11 is 5.17. The molecule has 6 nitrogen and oxygen atoms in total. The summed E-state index contributed by atoms with van der Waals surface area (Å²) < 4.78 is 0. The smallest absolute Gasteiger partial charge is 0.278 e. The van der Waals surface area contributed by atoms with Gasteiger partial charge in [0.05, 0.1) is 16.7 Å². The zero-order valence-corrected chi connectivity index (χ0v) is 13.6. The Morgan fingerprint density at radius 3 is 2.70 bits per heavy atom. The molecule has 0 aliphatic carbocycles. The lowest BCUT2D eigenvalue weighted by Gasteiger charge is -2.11. The van der Waals surface area contributed by atoms with Crippen molar-refractivity contribution in [2.45, 2.75) is 13.8 Å². The molecule has 0 aromatic heterocycles. The second-order valence-corrected chi connectivity index (χ2v) is 5.30. The van der Waals surface area contributed by atoms with E-state index in [0.29, 0.717) is 10.7 Å². The molecular weight excluding hydrogens is 312 g/mol. The molecule has 0 aliphatic heterocycles. The monoisotopic (exact) mass is 328 g/mol. The van der Waals surface area contributed by atoms with Gasteiger partial charge in [0.15, 0.2) is 5.11 Å². The van der Waals surface area contributed by atoms with E-state index >= 15 is 0 Å². The molecule has 118 valence electrons. The van der Waals surface area contributed by atoms with Crippen molar-refractivity contribution in [2.75, 3.05) is 5.32 Å². The summed E-state index contributed by atoms with van der Waals surface area (Å²) in [6.07, 6.45) is 1.37. The van der Waals surface area contributed by atoms with Crippen LogP contribution in [-0.2, 0) is 0 Å². The van der Waals surface area contributed by atoms with E-state index in [2.05, 4.69) is 15.8 Å². The Bertz CT molecular complexity index is 774. The quantitative estimate of drug-likeness (QED) is 0.388. The van der Waals surface area contributed by atoms with Crippen LogP contribution < -0.4 is 10.7 Å². The van der Waals surface area contributed by atoms with E-state index in [9.17, 15) is 10.1 Å². The molecule has 0 aliphatic rings. The molecule has 0 saturated heterocycles. The number of rotatable bonds is 4. The van der Waals surface area contributed by atoms with Crippen LogP contribution in [0.3, 0.4) is 0 Å². The molecular formula is C16H16N4O2S. The SMILES string of the molecule is Cc1cccc(NC(=S)N/N=C/c2ccccc2[N+](=O)[O-])c1C. The Balaban J connectivity index is 2.02. The maximum absolute atomic E-state index is 10.9. The standard InChI is InChI=1S/C16H16N4O2S/c1-11-6-5-8-14(12(11)2)18-16(23)19-17-10-13-7-3-4-9-15(13)20(21)22/h3-10H,1-2H3,(H2,18,19,23)/b17-10+. The molecule has 2 rings (SSSR count). The Morgan fingerprint density at radius 2 is 1.96 bits per heavy atom. The maximum atomic E-state index is 10.9. The Hall–Kier alpha value is -2.80. The Kier molecular flexibility index (Phi) is 5.37. The first-order valence-corrected chi connectivity index (χ1v) is 7.29. The van der Waals surface area contributed by atoms with Gasteiger partial charge in [-0.2, -0.15) is 5.10 Å². The van der Waals surface area contributed by atoms with Gasteiger partial charge in [-0.3, -0.25) is 15.5 Å². The number of nitrogens with zero attached hydrogens (tertiary/aromatic N) is 2. The molecule has 0 spiro atoms. The van der Waals surface area contributed by atoms with Crippen LogP contribution in [0, 0.1) is 24.0 Å². The van der Waals surface area contributed by atoms with Crippen LogP contribution in [0.4, 0.5) is 11.4 Å². The van der Waals surface area contributed by atoms with E-state index in [0.717, 1.165) is 16.8 Å². The minimum absolute atomic E-state index is 0.00791. The van der Waals surface area contributed by atoms with Gasteiger partial charge in [-0.15, -0.1) is 0 Å². The number of thiocarbonyl (C=S) groups is 1. The van der Waals surface area contributed by atoms with Crippen molar-refractivity contribution in [1.29, 1.82) is 0 Å². The van der Waals surface area contributed by atoms with E-state index < -0.39 is 4.92 Å². The molecule has 0 amide bonds. The summed E-state index contributed by atoms with van der Waals surface area (Å²) in [4.78, 5) is 10.5. The van der Waals surface area contributed by atoms with E-state index in [1.165, 1.54) is 12.3 Å². The highest BCUT2D eigenvalue weighted by molar-refractivity contribution is 7.80. The first kappa shape index (κ1) is 16.6. The number of para-hydroxylation sites is 1. The van der Waals surface area contributed by atoms with Gasteiger partial charge in [0.2, 0.25) is 0 Å². The zero-order chi connectivity index (χ0) is 16.8. The third-order valence-corrected chi connectivity index (χ3v) is 3.55. The molecule has 0 fully saturated rings. The predicted molar refractivity (Wildman–Crippen MR) is 96.0 cm³/mol. The minimum atomic E-state index is -0.450. The molecule has 2 aromatic rings. The van der Waals surface area contributed by atoms with Crippen molar-refractivity contribution in [1.82, 2.24) is 5.43 Å². The highest BCUT2D eigenvalue weighted by Crippen LogP contribution is 2.18. The van der Waals surface area contributed by atoms with Crippen LogP contribution >= 0.6 is 12.2 Å². The minimum Gasteiger partial charge on any atom is -0.331 e. The molecule has 2 N–H and O–H groups in total. The van der Waals surface area contributed by atoms with Crippen LogP contribution in [0.25, 0.3) is 0 Å². The molecule has 0 heterocycles. The van der Waals surface area contributed by atoms with Crippen molar-refractivity contribution in [3.63, 3.8) is 0 Å². The average molecular weight is 328 g/mol. The highest BCUT2D eigenvalue weighted by atomic mass is 32.1. The van der Waals surface area contributed by atoms with Gasteiger partial charge in [0.25, 0.3) is 5.69 Å². The van der Waals surface area contributed by atoms with Gasteiger partial charge in [-0.25, -0.2) is 0 Å². The fourth-order valence-electron chi connectivity index (χ4n) is 1.96. The summed E-state index contributed by atoms with van der Waals surface area (Å²) in [5, 5.41) is 18.2. The van der Waals surface area contributed by atoms with Crippen molar-refractivity contribution < 1.29 is 4.92 Å². The first-order valence-electron chi connectivity index (χ1n) is 6.88. The van der Waals surface area contributed by atoms with E-state index in [1.54, 1.807) is 18.2 Å². The van der Waals surface area contributed by atoms with Gasteiger partial charge in [-0.05, 0) is 49.3 Å². The fraction of sp³-hybridized carbons (Fsp3) is 0.125. The van der Waals surface area contributed by atoms with Crippen LogP contribution in [0.1, 0.15) is 16.7 Å². The van der Waals surface area contributed by atoms with E-state index in [1.807, 2.05) is 32.0 Å². The van der Waals surface area contributed by atoms with Crippen molar-refractivity contribution >= 4 is 34.9 Å². The fourth-order valence-corrected chi connectivity index (χ4v) is 2.12. The molecule has 2 aromatic carbocycles. The lowest BCUT2D eigenvalue weighted by atomic mass is 10.1. The summed E-state index contributed by atoms with van der Waals surface area (Å²) in [7, 11) is 0. The van der Waals surface area contributed by atoms with Crippen LogP contribution in [0.2, 0.25) is 0 Å². The number of nitro benzene ring substituents is 1. The molecule has 0 unspecified atom stereocenters. The van der Waals surface area contributed by atoms with Crippen molar-refractivity contribution in [3.8, 4) is 0 Å². The first-order chi connectivity index (χ1) is 11.0. The zero-order valence-electron chi connectivity index (χ0n) is 12.7. The number of hydrogen-bond acceptors (Lipinski definition) is 4. The Labute approximate surface area is 139 Å². The predicted octanol–water partition coefficient (Wildman–Crippen LogP) is 3.53. The molecule has 0 saturated carbocycles. The van der Waals surface area contributed by atoms with Gasteiger partial charge in [0, 0.05) is 11.8 Å². The summed E-state index contributed by atoms with van der Waals surface area (Å²) in [5.74, 6) is 0. The highest BCUT2D eigenvalue weighted by Gasteiger charge is 2.09. The van der Waals surface area contributed by atoms with Crippen LogP contribution in [0.15, 0.2) is 47.6 Å². The second-order valence-electron chi connectivity index (χ2n) is 4.89. The number of benzene rings is 2. The van der Waals surface area contributed by atoms with Gasteiger partial charge in [0.1, 0.15) is 0 Å². The molecule has 0 atom stereocenters. The molecule has 7 heteroatoms. The Morgan fingerprint density at radius 1 is 1.22 bits per heavy atom. The maximum Gasteiger partial charge on any atom is 0.278 e. The molecule has 0 bridgehead atoms. The summed E-state index contributed by atoms with van der Waals surface area (Å²) in [5.41, 5.74) is 6.20. The molecule has 23 heavy (non-hydrogen) atoms. The number of aryl methyl sites for hydroxylation is 1. The second kappa shape index (κ2) is 7.46. The number of nitrogens with one attached hydrogen (secondary N) is 2. The number of hydrazone groups is 1. The van der Waals surface area contributed by atoms with E-state index in [-0.39, 0.29) is 5.69 Å². The van der Waals surface area contributed by atoms with Crippen LogP contribution in [-0.4, -0.2) is 16.3 Å². The average Bonchev–Trinajstić information content (AvgIpc) is 2.52. The summed E-state index contributed by atoms with van der Waals surface area (Å²) in [6.45, 7) is 4.01. The number of nitro groups is 1. The largest absolute Gasteiger partial charge is 0.331 e. The number of anilines is 1. The third kappa shape index (κ3) is 4.33.